The van der Waals surface area contributed by atoms with Crippen LogP contribution in [0.3, 0.4) is 0 Å². The first-order chi connectivity index (χ1) is 9.81. The lowest BCUT2D eigenvalue weighted by atomic mass is 10.1. The molecule has 0 radical (unpaired) electrons. The minimum absolute atomic E-state index is 0.236. The van der Waals surface area contributed by atoms with E-state index in [2.05, 4.69) is 52.6 Å². The molecule has 0 bridgehead atoms. The maximum absolute atomic E-state index is 5.73. The molecule has 2 fully saturated rings. The molecule has 2 unspecified atom stereocenters. The van der Waals surface area contributed by atoms with E-state index in [-0.39, 0.29) is 6.10 Å². The number of nitrogens with one attached hydrogen (secondary N) is 1. The van der Waals surface area contributed by atoms with Gasteiger partial charge in [0.15, 0.2) is 5.17 Å². The lowest BCUT2D eigenvalue weighted by Gasteiger charge is -2.29. The Balaban J connectivity index is 1.53. The Morgan fingerprint density at radius 1 is 1.40 bits per heavy atom. The molecule has 0 aliphatic carbocycles. The molecule has 4 nitrogen and oxygen atoms in total. The van der Waals surface area contributed by atoms with Crippen molar-refractivity contribution >= 4 is 16.9 Å². The number of ether oxygens (including phenoxy) is 1. The maximum Gasteiger partial charge on any atom is 0.157 e. The molecule has 0 aromatic heterocycles. The van der Waals surface area contributed by atoms with Gasteiger partial charge in [-0.05, 0) is 12.6 Å². The SMILES string of the molecule is CN1CCOC(CN=C2NC(c3ccccc3)CS2)C1. The number of amidine groups is 1. The molecule has 0 amide bonds. The minimum Gasteiger partial charge on any atom is -0.374 e. The van der Waals surface area contributed by atoms with Crippen molar-refractivity contribution in [2.24, 2.45) is 4.99 Å². The highest BCUT2D eigenvalue weighted by atomic mass is 32.2. The Kier molecular flexibility index (Phi) is 4.60. The number of benzene rings is 1. The molecule has 108 valence electrons. The van der Waals surface area contributed by atoms with E-state index in [0.29, 0.717) is 6.04 Å². The number of thioether (sulfide) groups is 1. The van der Waals surface area contributed by atoms with Crippen molar-refractivity contribution < 1.29 is 4.74 Å². The van der Waals surface area contributed by atoms with Crippen molar-refractivity contribution in [2.75, 3.05) is 39.0 Å². The molecular formula is C15H21N3OS. The highest BCUT2D eigenvalue weighted by Crippen LogP contribution is 2.25. The Bertz CT molecular complexity index is 465. The normalized spacial score (nSPS) is 29.6. The molecule has 2 saturated heterocycles. The van der Waals surface area contributed by atoms with Gasteiger partial charge in [0.25, 0.3) is 0 Å². The van der Waals surface area contributed by atoms with Gasteiger partial charge in [-0.2, -0.15) is 0 Å². The van der Waals surface area contributed by atoms with Crippen LogP contribution >= 0.6 is 11.8 Å². The fourth-order valence-electron chi connectivity index (χ4n) is 2.51. The van der Waals surface area contributed by atoms with Crippen molar-refractivity contribution in [1.29, 1.82) is 0 Å². The van der Waals surface area contributed by atoms with E-state index < -0.39 is 0 Å². The van der Waals surface area contributed by atoms with Gasteiger partial charge in [0.05, 0.1) is 25.3 Å². The molecule has 2 aliphatic rings. The third-order valence-electron chi connectivity index (χ3n) is 3.67. The molecule has 0 spiro atoms. The largest absolute Gasteiger partial charge is 0.374 e. The quantitative estimate of drug-likeness (QED) is 0.920. The van der Waals surface area contributed by atoms with Gasteiger partial charge >= 0.3 is 0 Å². The molecule has 20 heavy (non-hydrogen) atoms. The van der Waals surface area contributed by atoms with Crippen LogP contribution in [-0.2, 0) is 4.74 Å². The third-order valence-corrected chi connectivity index (χ3v) is 4.69. The first-order valence-corrected chi connectivity index (χ1v) is 8.09. The van der Waals surface area contributed by atoms with Crippen LogP contribution in [-0.4, -0.2) is 55.2 Å². The summed E-state index contributed by atoms with van der Waals surface area (Å²) < 4.78 is 5.73. The standard InChI is InChI=1S/C15H21N3OS/c1-18-7-8-19-13(10-18)9-16-15-17-14(11-20-15)12-5-3-2-4-6-12/h2-6,13-14H,7-11H2,1H3,(H,16,17). The van der Waals surface area contributed by atoms with E-state index in [1.165, 1.54) is 5.56 Å². The highest BCUT2D eigenvalue weighted by molar-refractivity contribution is 8.14. The predicted molar refractivity (Wildman–Crippen MR) is 84.3 cm³/mol. The summed E-state index contributed by atoms with van der Waals surface area (Å²) >= 11 is 1.80. The minimum atomic E-state index is 0.236. The monoisotopic (exact) mass is 291 g/mol. The summed E-state index contributed by atoms with van der Waals surface area (Å²) in [6, 6.07) is 10.9. The summed E-state index contributed by atoms with van der Waals surface area (Å²) in [5.41, 5.74) is 1.33. The fourth-order valence-corrected chi connectivity index (χ4v) is 3.50. The van der Waals surface area contributed by atoms with E-state index in [4.69, 9.17) is 4.74 Å². The van der Waals surface area contributed by atoms with Gasteiger partial charge in [-0.15, -0.1) is 0 Å². The van der Waals surface area contributed by atoms with Gasteiger partial charge in [0.2, 0.25) is 0 Å². The Labute approximate surface area is 124 Å². The lowest BCUT2D eigenvalue weighted by molar-refractivity contribution is -0.0135. The maximum atomic E-state index is 5.73. The second-order valence-electron chi connectivity index (χ2n) is 5.32. The van der Waals surface area contributed by atoms with Crippen LogP contribution in [0.4, 0.5) is 0 Å². The van der Waals surface area contributed by atoms with Crippen molar-refractivity contribution in [3.8, 4) is 0 Å². The Morgan fingerprint density at radius 2 is 2.25 bits per heavy atom. The Morgan fingerprint density at radius 3 is 3.05 bits per heavy atom. The van der Waals surface area contributed by atoms with Crippen molar-refractivity contribution in [2.45, 2.75) is 12.1 Å². The molecule has 2 atom stereocenters. The van der Waals surface area contributed by atoms with E-state index in [1.54, 1.807) is 11.8 Å². The van der Waals surface area contributed by atoms with Crippen LogP contribution in [0.2, 0.25) is 0 Å². The number of morpholine rings is 1. The second-order valence-corrected chi connectivity index (χ2v) is 6.33. The summed E-state index contributed by atoms with van der Waals surface area (Å²) in [7, 11) is 2.14. The average Bonchev–Trinajstić information content (AvgIpc) is 2.95. The van der Waals surface area contributed by atoms with Gasteiger partial charge in [0.1, 0.15) is 0 Å². The van der Waals surface area contributed by atoms with Crippen molar-refractivity contribution in [3.63, 3.8) is 0 Å². The molecule has 2 heterocycles. The summed E-state index contributed by atoms with van der Waals surface area (Å²) in [5.74, 6) is 1.05. The number of hydrogen-bond acceptors (Lipinski definition) is 4. The van der Waals surface area contributed by atoms with Gasteiger partial charge < -0.3 is 15.0 Å². The van der Waals surface area contributed by atoms with E-state index in [0.717, 1.165) is 37.2 Å². The smallest absolute Gasteiger partial charge is 0.157 e. The number of rotatable bonds is 3. The summed E-state index contributed by atoms with van der Waals surface area (Å²) in [6.45, 7) is 3.57. The molecule has 2 aliphatic heterocycles. The number of hydrogen-bond donors (Lipinski definition) is 1. The first kappa shape index (κ1) is 13.9. The zero-order valence-electron chi connectivity index (χ0n) is 11.8. The molecule has 5 heteroatoms. The Hall–Kier alpha value is -1.04. The van der Waals surface area contributed by atoms with E-state index in [9.17, 15) is 0 Å². The van der Waals surface area contributed by atoms with Gasteiger partial charge in [-0.3, -0.25) is 4.99 Å². The highest BCUT2D eigenvalue weighted by Gasteiger charge is 2.22. The van der Waals surface area contributed by atoms with Crippen LogP contribution in [0.25, 0.3) is 0 Å². The van der Waals surface area contributed by atoms with Crippen LogP contribution in [0.15, 0.2) is 35.3 Å². The molecule has 0 saturated carbocycles. The van der Waals surface area contributed by atoms with Gasteiger partial charge in [0, 0.05) is 18.8 Å². The van der Waals surface area contributed by atoms with Crippen LogP contribution in [0.5, 0.6) is 0 Å². The third kappa shape index (κ3) is 3.53. The lowest BCUT2D eigenvalue weighted by Crippen LogP contribution is -2.41. The van der Waals surface area contributed by atoms with Gasteiger partial charge in [-0.1, -0.05) is 42.1 Å². The zero-order chi connectivity index (χ0) is 13.8. The molecule has 1 N–H and O–H groups in total. The van der Waals surface area contributed by atoms with E-state index in [1.807, 2.05) is 0 Å². The topological polar surface area (TPSA) is 36.9 Å². The summed E-state index contributed by atoms with van der Waals surface area (Å²) in [4.78, 5) is 6.98. The number of nitrogens with zero attached hydrogens (tertiary/aromatic N) is 2. The molecule has 1 aromatic rings. The zero-order valence-corrected chi connectivity index (χ0v) is 12.6. The average molecular weight is 291 g/mol. The molecular weight excluding hydrogens is 270 g/mol. The summed E-state index contributed by atoms with van der Waals surface area (Å²) in [6.07, 6.45) is 0.236. The molecule has 3 rings (SSSR count). The first-order valence-electron chi connectivity index (χ1n) is 7.10. The van der Waals surface area contributed by atoms with Crippen LogP contribution < -0.4 is 5.32 Å². The number of likely N-dealkylation sites (N-methyl/N-ethyl adjacent to an activating group) is 1. The molecule has 1 aromatic carbocycles. The van der Waals surface area contributed by atoms with Crippen LogP contribution in [0.1, 0.15) is 11.6 Å². The van der Waals surface area contributed by atoms with Crippen molar-refractivity contribution in [3.05, 3.63) is 35.9 Å². The second kappa shape index (κ2) is 6.61. The van der Waals surface area contributed by atoms with Crippen LogP contribution in [0, 0.1) is 0 Å². The predicted octanol–water partition coefficient (Wildman–Crippen LogP) is 1.75. The number of aliphatic imine (C=N–C) groups is 1. The van der Waals surface area contributed by atoms with E-state index >= 15 is 0 Å². The van der Waals surface area contributed by atoms with Gasteiger partial charge in [-0.25, -0.2) is 0 Å². The van der Waals surface area contributed by atoms with Crippen molar-refractivity contribution in [1.82, 2.24) is 10.2 Å². The fraction of sp³-hybridized carbons (Fsp3) is 0.533. The summed E-state index contributed by atoms with van der Waals surface area (Å²) in [5, 5.41) is 4.55.